The lowest BCUT2D eigenvalue weighted by Gasteiger charge is -2.59. The third-order valence-corrected chi connectivity index (χ3v) is 9.92. The molecule has 0 aromatic carbocycles. The number of unbranched alkanes of at least 4 members (excludes halogenated alkanes) is 2. The summed E-state index contributed by atoms with van der Waals surface area (Å²) in [4.78, 5) is 37.8. The quantitative estimate of drug-likeness (QED) is 0.385. The Kier molecular flexibility index (Phi) is 5.98. The third-order valence-electron chi connectivity index (χ3n) is 9.92. The van der Waals surface area contributed by atoms with Crippen LogP contribution in [0.25, 0.3) is 0 Å². The van der Waals surface area contributed by atoms with Gasteiger partial charge in [-0.25, -0.2) is 0 Å². The normalized spacial score (nSPS) is 41.6. The zero-order valence-corrected chi connectivity index (χ0v) is 19.9. The number of hydrogen-bond donors (Lipinski definition) is 0. The van der Waals surface area contributed by atoms with Crippen LogP contribution in [0.2, 0.25) is 0 Å². The highest BCUT2D eigenvalue weighted by atomic mass is 16.6. The Hall–Kier alpha value is -1.45. The van der Waals surface area contributed by atoms with Crippen molar-refractivity contribution in [1.82, 2.24) is 0 Å². The van der Waals surface area contributed by atoms with Crippen molar-refractivity contribution in [1.29, 1.82) is 0 Å². The van der Waals surface area contributed by atoms with E-state index in [9.17, 15) is 14.4 Å². The van der Waals surface area contributed by atoms with E-state index < -0.39 is 5.60 Å². The molecule has 31 heavy (non-hydrogen) atoms. The Morgan fingerprint density at radius 3 is 2.58 bits per heavy atom. The zero-order chi connectivity index (χ0) is 22.4. The van der Waals surface area contributed by atoms with Gasteiger partial charge in [0, 0.05) is 18.3 Å². The van der Waals surface area contributed by atoms with E-state index in [-0.39, 0.29) is 28.4 Å². The van der Waals surface area contributed by atoms with Crippen molar-refractivity contribution in [2.75, 3.05) is 0 Å². The SMILES string of the molecule is CCCCCC(=O)O[C@@]1(C(C)=O)CC[C@H]2[C@@H]3CCC4=CC(=O)C[14CH2][C@]4(C)[C@H]3CC[C@@]21C. The first-order chi connectivity index (χ1) is 14.7. The van der Waals surface area contributed by atoms with Crippen LogP contribution in [-0.2, 0) is 19.1 Å². The highest BCUT2D eigenvalue weighted by Crippen LogP contribution is 2.68. The van der Waals surface area contributed by atoms with Crippen molar-refractivity contribution in [2.24, 2.45) is 28.6 Å². The number of Topliss-reactive ketones (excluding diaryl/α,β-unsaturated/α-hetero) is 1. The lowest BCUT2D eigenvalue weighted by atomic mass is 9.49. The molecule has 0 saturated heterocycles. The lowest BCUT2D eigenvalue weighted by molar-refractivity contribution is -0.189. The van der Waals surface area contributed by atoms with Crippen LogP contribution in [0.5, 0.6) is 0 Å². The van der Waals surface area contributed by atoms with Gasteiger partial charge in [0.25, 0.3) is 0 Å². The van der Waals surface area contributed by atoms with E-state index in [0.29, 0.717) is 37.0 Å². The lowest BCUT2D eigenvalue weighted by Crippen LogP contribution is -2.58. The van der Waals surface area contributed by atoms with E-state index >= 15 is 0 Å². The van der Waals surface area contributed by atoms with Gasteiger partial charge < -0.3 is 4.74 Å². The highest BCUT2D eigenvalue weighted by Gasteiger charge is 2.67. The molecule has 0 aromatic heterocycles. The number of ketones is 2. The van der Waals surface area contributed by atoms with E-state index in [1.54, 1.807) is 6.92 Å². The molecule has 0 spiro atoms. The van der Waals surface area contributed by atoms with Crippen molar-refractivity contribution in [3.8, 4) is 0 Å². The monoisotopic (exact) mass is 430 g/mol. The molecule has 4 heteroatoms. The van der Waals surface area contributed by atoms with Gasteiger partial charge in [-0.15, -0.1) is 0 Å². The van der Waals surface area contributed by atoms with Crippen molar-refractivity contribution in [2.45, 2.75) is 110 Å². The summed E-state index contributed by atoms with van der Waals surface area (Å²) >= 11 is 0. The maximum Gasteiger partial charge on any atom is 0.306 e. The van der Waals surface area contributed by atoms with Gasteiger partial charge in [-0.1, -0.05) is 39.2 Å². The molecule has 0 aromatic rings. The number of ether oxygens (including phenoxy) is 1. The third kappa shape index (κ3) is 3.43. The fourth-order valence-electron chi connectivity index (χ4n) is 8.14. The second-order valence-corrected chi connectivity index (χ2v) is 11.3. The first-order valence-electron chi connectivity index (χ1n) is 12.6. The van der Waals surface area contributed by atoms with E-state index in [2.05, 4.69) is 20.8 Å². The predicted octanol–water partition coefficient (Wildman–Crippen LogP) is 5.97. The number of esters is 1. The molecule has 0 bridgehead atoms. The molecule has 4 rings (SSSR count). The van der Waals surface area contributed by atoms with Crippen LogP contribution < -0.4 is 0 Å². The average Bonchev–Trinajstić information content (AvgIpc) is 3.02. The predicted molar refractivity (Wildman–Crippen MR) is 120 cm³/mol. The molecule has 0 amide bonds. The Bertz CT molecular complexity index is 797. The minimum absolute atomic E-state index is 0.0330. The summed E-state index contributed by atoms with van der Waals surface area (Å²) in [6.07, 6.45) is 12.6. The summed E-state index contributed by atoms with van der Waals surface area (Å²) in [5, 5.41) is 0. The molecule has 0 unspecified atom stereocenters. The number of carbonyl (C=O) groups excluding carboxylic acids is 3. The van der Waals surface area contributed by atoms with Gasteiger partial charge in [0.15, 0.2) is 17.2 Å². The smallest absolute Gasteiger partial charge is 0.306 e. The van der Waals surface area contributed by atoms with Crippen LogP contribution >= 0.6 is 0 Å². The molecule has 0 heterocycles. The van der Waals surface area contributed by atoms with Crippen LogP contribution in [0.4, 0.5) is 0 Å². The number of allylic oxidation sites excluding steroid dienone is 1. The first kappa shape index (κ1) is 22.7. The zero-order valence-electron chi connectivity index (χ0n) is 19.9. The topological polar surface area (TPSA) is 60.4 Å². The largest absolute Gasteiger partial charge is 0.450 e. The van der Waals surface area contributed by atoms with Crippen LogP contribution in [0, 0.1) is 28.6 Å². The Labute approximate surface area is 187 Å². The van der Waals surface area contributed by atoms with Crippen LogP contribution in [-0.4, -0.2) is 23.1 Å². The Balaban J connectivity index is 1.59. The van der Waals surface area contributed by atoms with Gasteiger partial charge in [0.1, 0.15) is 0 Å². The number of rotatable bonds is 6. The van der Waals surface area contributed by atoms with E-state index in [4.69, 9.17) is 4.74 Å². The molecule has 3 fully saturated rings. The summed E-state index contributed by atoms with van der Waals surface area (Å²) < 4.78 is 6.16. The van der Waals surface area contributed by atoms with E-state index in [0.717, 1.165) is 57.8 Å². The maximum atomic E-state index is 13.1. The second kappa shape index (κ2) is 8.15. The molecule has 0 radical (unpaired) electrons. The molecule has 3 saturated carbocycles. The molecule has 0 aliphatic heterocycles. The van der Waals surface area contributed by atoms with Gasteiger partial charge >= 0.3 is 5.97 Å². The molecule has 6 atom stereocenters. The van der Waals surface area contributed by atoms with Crippen molar-refractivity contribution < 1.29 is 19.1 Å². The van der Waals surface area contributed by atoms with Crippen molar-refractivity contribution in [3.05, 3.63) is 11.6 Å². The second-order valence-electron chi connectivity index (χ2n) is 11.3. The molecule has 172 valence electrons. The van der Waals surface area contributed by atoms with Gasteiger partial charge in [0.05, 0.1) is 0 Å². The number of carbonyl (C=O) groups is 3. The van der Waals surface area contributed by atoms with Crippen LogP contribution in [0.3, 0.4) is 0 Å². The van der Waals surface area contributed by atoms with Crippen molar-refractivity contribution in [3.63, 3.8) is 0 Å². The fraction of sp³-hybridized carbons (Fsp3) is 0.815. The van der Waals surface area contributed by atoms with Gasteiger partial charge in [-0.3, -0.25) is 14.4 Å². The van der Waals surface area contributed by atoms with Crippen molar-refractivity contribution >= 4 is 17.5 Å². The maximum absolute atomic E-state index is 13.1. The standard InChI is InChI=1S/C27H40O4/c1-5-6-7-8-24(30)31-27(18(2)28)16-13-23-21-10-9-19-17-20(29)11-14-25(19,3)22(21)12-15-26(23,27)4/h17,21-23H,5-16H2,1-4H3/t21-,22+,23+,25+,26+,27-/m1/s1/i14+2. The molecule has 4 aliphatic carbocycles. The number of fused-ring (bicyclic) bond motifs is 5. The summed E-state index contributed by atoms with van der Waals surface area (Å²) in [6, 6.07) is 0. The molecule has 4 nitrogen and oxygen atoms in total. The molecular weight excluding hydrogens is 390 g/mol. The fourth-order valence-corrected chi connectivity index (χ4v) is 8.14. The minimum atomic E-state index is -0.953. The minimum Gasteiger partial charge on any atom is -0.450 e. The number of hydrogen-bond acceptors (Lipinski definition) is 4. The van der Waals surface area contributed by atoms with E-state index in [1.165, 1.54) is 5.57 Å². The summed E-state index contributed by atoms with van der Waals surface area (Å²) in [5.74, 6) is 1.66. The van der Waals surface area contributed by atoms with Gasteiger partial charge in [0.2, 0.25) is 0 Å². The molecular formula is C27H40O4. The summed E-state index contributed by atoms with van der Waals surface area (Å²) in [6.45, 7) is 8.37. The first-order valence-corrected chi connectivity index (χ1v) is 12.6. The Morgan fingerprint density at radius 1 is 1.13 bits per heavy atom. The summed E-state index contributed by atoms with van der Waals surface area (Å²) in [7, 11) is 0. The highest BCUT2D eigenvalue weighted by molar-refractivity contribution is 5.91. The molecule has 4 aliphatic rings. The van der Waals surface area contributed by atoms with Crippen LogP contribution in [0.15, 0.2) is 11.6 Å². The molecule has 0 N–H and O–H groups in total. The van der Waals surface area contributed by atoms with E-state index in [1.807, 2.05) is 6.08 Å². The Morgan fingerprint density at radius 2 is 1.87 bits per heavy atom. The van der Waals surface area contributed by atoms with Crippen LogP contribution in [0.1, 0.15) is 105 Å². The average molecular weight is 431 g/mol. The summed E-state index contributed by atoms with van der Waals surface area (Å²) in [5.41, 5.74) is 0.261. The van der Waals surface area contributed by atoms with Gasteiger partial charge in [-0.05, 0) is 87.5 Å². The van der Waals surface area contributed by atoms with Gasteiger partial charge in [-0.2, -0.15) is 0 Å².